The summed E-state index contributed by atoms with van der Waals surface area (Å²) in [6, 6.07) is -4.84. The molecule has 13 nitrogen and oxygen atoms in total. The van der Waals surface area contributed by atoms with Crippen LogP contribution >= 0.6 is 21.6 Å². The van der Waals surface area contributed by atoms with Crippen molar-refractivity contribution < 1.29 is 33.5 Å². The first-order valence-corrected chi connectivity index (χ1v) is 22.3. The monoisotopic (exact) mass is 855 g/mol. The van der Waals surface area contributed by atoms with Crippen molar-refractivity contribution in [1.82, 2.24) is 20.4 Å². The van der Waals surface area contributed by atoms with Crippen molar-refractivity contribution in [3.63, 3.8) is 0 Å². The van der Waals surface area contributed by atoms with E-state index in [9.17, 15) is 28.8 Å². The molecule has 334 valence electrons. The SMILES string of the molecule is CCOC(=O)/C(C)=C/[C@H](C(C)C)N(C)C(=O)[C@@H](NC(=O)[C@@H](N)C(C)(C)SSC(C)(C)[C@H](N)C(=O)N[C@H](C(=O)N(C)[C@H](/C=C(\C)C(C)=O)C(C)C)C(C)(C)C)C(C)(C)C. The van der Waals surface area contributed by atoms with Crippen LogP contribution in [0.1, 0.15) is 125 Å². The van der Waals surface area contributed by atoms with Crippen LogP contribution < -0.4 is 22.1 Å². The zero-order valence-electron chi connectivity index (χ0n) is 39.2. The highest BCUT2D eigenvalue weighted by atomic mass is 33.1. The van der Waals surface area contributed by atoms with E-state index < -0.39 is 68.3 Å². The second-order valence-corrected chi connectivity index (χ2v) is 22.7. The van der Waals surface area contributed by atoms with E-state index >= 15 is 0 Å². The van der Waals surface area contributed by atoms with Crippen LogP contribution in [0.15, 0.2) is 23.3 Å². The number of allylic oxidation sites excluding steroid dienone is 1. The summed E-state index contributed by atoms with van der Waals surface area (Å²) >= 11 is 0. The van der Waals surface area contributed by atoms with Gasteiger partial charge in [-0.3, -0.25) is 24.0 Å². The smallest absolute Gasteiger partial charge is 0.333 e. The van der Waals surface area contributed by atoms with Crippen molar-refractivity contribution in [1.29, 1.82) is 0 Å². The molecule has 4 amide bonds. The van der Waals surface area contributed by atoms with Gasteiger partial charge in [-0.15, -0.1) is 0 Å². The van der Waals surface area contributed by atoms with E-state index in [-0.39, 0.29) is 42.1 Å². The maximum absolute atomic E-state index is 14.1. The van der Waals surface area contributed by atoms with E-state index in [4.69, 9.17) is 16.2 Å². The summed E-state index contributed by atoms with van der Waals surface area (Å²) in [4.78, 5) is 83.3. The van der Waals surface area contributed by atoms with Gasteiger partial charge in [0, 0.05) is 29.2 Å². The third-order valence-corrected chi connectivity index (χ3v) is 14.6. The minimum absolute atomic E-state index is 0.000219. The van der Waals surface area contributed by atoms with Crippen molar-refractivity contribution in [3.8, 4) is 0 Å². The van der Waals surface area contributed by atoms with E-state index in [1.54, 1.807) is 56.8 Å². The molecule has 0 aliphatic rings. The predicted molar refractivity (Wildman–Crippen MR) is 240 cm³/mol. The number of nitrogens with zero attached hydrogens (tertiary/aromatic N) is 2. The Morgan fingerprint density at radius 2 is 0.931 bits per heavy atom. The summed E-state index contributed by atoms with van der Waals surface area (Å²) in [5.41, 5.74) is 12.8. The minimum atomic E-state index is -1.08. The second kappa shape index (κ2) is 22.1. The fraction of sp³-hybridized carbons (Fsp3) is 0.767. The number of ether oxygens (including phenoxy) is 1. The number of likely N-dealkylation sites (N-methyl/N-ethyl adjacent to an activating group) is 2. The molecule has 0 saturated carbocycles. The molecule has 15 heteroatoms. The number of amides is 4. The first-order valence-electron chi connectivity index (χ1n) is 20.1. The third kappa shape index (κ3) is 15.9. The molecule has 0 heterocycles. The maximum atomic E-state index is 14.1. The molecule has 0 saturated heterocycles. The zero-order valence-corrected chi connectivity index (χ0v) is 40.8. The van der Waals surface area contributed by atoms with Gasteiger partial charge in [-0.05, 0) is 83.6 Å². The molecule has 0 aromatic heterocycles. The number of carbonyl (C=O) groups excluding carboxylic acids is 6. The fourth-order valence-corrected chi connectivity index (χ4v) is 8.62. The van der Waals surface area contributed by atoms with Crippen LogP contribution in [0, 0.1) is 22.7 Å². The molecule has 0 spiro atoms. The molecule has 0 rings (SSSR count). The lowest BCUT2D eigenvalue weighted by Crippen LogP contribution is -2.61. The Morgan fingerprint density at radius 1 is 0.621 bits per heavy atom. The topological polar surface area (TPSA) is 194 Å². The van der Waals surface area contributed by atoms with Crippen molar-refractivity contribution in [2.75, 3.05) is 20.7 Å². The highest BCUT2D eigenvalue weighted by molar-refractivity contribution is 8.77. The summed E-state index contributed by atoms with van der Waals surface area (Å²) in [5, 5.41) is 5.85. The van der Waals surface area contributed by atoms with Crippen molar-refractivity contribution in [3.05, 3.63) is 23.3 Å². The van der Waals surface area contributed by atoms with E-state index in [2.05, 4.69) is 10.6 Å². The van der Waals surface area contributed by atoms with Crippen LogP contribution in [0.4, 0.5) is 0 Å². The summed E-state index contributed by atoms with van der Waals surface area (Å²) < 4.78 is 3.35. The Balaban J connectivity index is 6.18. The number of hydrogen-bond donors (Lipinski definition) is 4. The van der Waals surface area contributed by atoms with Crippen molar-refractivity contribution >= 4 is 57.0 Å². The third-order valence-electron chi connectivity index (χ3n) is 10.3. The van der Waals surface area contributed by atoms with Gasteiger partial charge in [-0.1, -0.05) is 103 Å². The molecule has 58 heavy (non-hydrogen) atoms. The zero-order chi connectivity index (χ0) is 46.0. The predicted octanol–water partition coefficient (Wildman–Crippen LogP) is 5.65. The molecule has 0 fully saturated rings. The molecule has 0 radical (unpaired) electrons. The number of rotatable bonds is 20. The van der Waals surface area contributed by atoms with Crippen molar-refractivity contribution in [2.45, 2.75) is 170 Å². The molecule has 0 aromatic rings. The van der Waals surface area contributed by atoms with Crippen LogP contribution in [0.25, 0.3) is 0 Å². The maximum Gasteiger partial charge on any atom is 0.333 e. The van der Waals surface area contributed by atoms with E-state index in [1.165, 1.54) is 28.5 Å². The first-order chi connectivity index (χ1) is 26.1. The van der Waals surface area contributed by atoms with Gasteiger partial charge in [0.15, 0.2) is 5.78 Å². The molecule has 0 aliphatic heterocycles. The number of ketones is 1. The Labute approximate surface area is 358 Å². The van der Waals surface area contributed by atoms with Crippen LogP contribution in [0.5, 0.6) is 0 Å². The molecule has 0 bridgehead atoms. The molecular formula is C43H78N6O7S2. The van der Waals surface area contributed by atoms with Gasteiger partial charge in [0.25, 0.3) is 0 Å². The average molecular weight is 855 g/mol. The number of hydrogen-bond acceptors (Lipinski definition) is 11. The normalized spacial score (nSPS) is 16.5. The van der Waals surface area contributed by atoms with Gasteiger partial charge in [0.05, 0.1) is 30.8 Å². The van der Waals surface area contributed by atoms with E-state index in [0.717, 1.165) is 0 Å². The minimum Gasteiger partial charge on any atom is -0.463 e. The van der Waals surface area contributed by atoms with Gasteiger partial charge < -0.3 is 36.6 Å². The average Bonchev–Trinajstić information content (AvgIpc) is 3.09. The van der Waals surface area contributed by atoms with Gasteiger partial charge in [-0.25, -0.2) is 4.79 Å². The molecule has 0 aliphatic carbocycles. The molecule has 6 N–H and O–H groups in total. The van der Waals surface area contributed by atoms with Crippen LogP contribution in [0.2, 0.25) is 0 Å². The number of esters is 1. The van der Waals surface area contributed by atoms with Crippen LogP contribution in [-0.4, -0.2) is 112 Å². The summed E-state index contributed by atoms with van der Waals surface area (Å²) in [6.45, 7) is 33.1. The molecule has 0 unspecified atom stereocenters. The van der Waals surface area contributed by atoms with E-state index in [1.807, 2.05) is 96.9 Å². The molecule has 6 atom stereocenters. The Kier molecular flexibility index (Phi) is 21.0. The summed E-state index contributed by atoms with van der Waals surface area (Å²) in [7, 11) is 5.94. The number of Topliss-reactive ketones (excluding diaryl/α,β-unsaturated/α-hetero) is 1. The Hall–Kier alpha value is -2.88. The highest BCUT2D eigenvalue weighted by Crippen LogP contribution is 2.46. The lowest BCUT2D eigenvalue weighted by molar-refractivity contribution is -0.141. The molecule has 0 aromatic carbocycles. The molecular weight excluding hydrogens is 777 g/mol. The Bertz CT molecular complexity index is 1530. The second-order valence-electron chi connectivity index (χ2n) is 19.3. The highest BCUT2D eigenvalue weighted by Gasteiger charge is 2.44. The quantitative estimate of drug-likeness (QED) is 0.0672. The lowest BCUT2D eigenvalue weighted by Gasteiger charge is -2.40. The summed E-state index contributed by atoms with van der Waals surface area (Å²) in [5.74, 6) is -2.27. The van der Waals surface area contributed by atoms with Gasteiger partial charge in [0.1, 0.15) is 12.1 Å². The summed E-state index contributed by atoms with van der Waals surface area (Å²) in [6.07, 6.45) is 3.51. The largest absolute Gasteiger partial charge is 0.463 e. The van der Waals surface area contributed by atoms with Gasteiger partial charge in [-0.2, -0.15) is 0 Å². The fourth-order valence-electron chi connectivity index (χ4n) is 5.86. The lowest BCUT2D eigenvalue weighted by atomic mass is 9.84. The van der Waals surface area contributed by atoms with Crippen LogP contribution in [0.3, 0.4) is 0 Å². The van der Waals surface area contributed by atoms with E-state index in [0.29, 0.717) is 11.1 Å². The van der Waals surface area contributed by atoms with Gasteiger partial charge in [0.2, 0.25) is 23.6 Å². The first kappa shape index (κ1) is 55.1. The van der Waals surface area contributed by atoms with Crippen LogP contribution in [-0.2, 0) is 33.5 Å². The standard InChI is InChI=1S/C43H78N6O7S2/c1-21-56-39(55)27(7)23-30(25(4)5)49(20)38(54)34(41(12,13)14)47-36(52)32(45)43(17,18)58-57-42(15,16)31(44)35(51)46-33(40(9,10)11)37(53)48(19)29(24(2)3)22-26(6)28(8)50/h22-25,29-34H,21,44-45H2,1-20H3,(H,46,51)(H,47,52)/b26-22+,27-23+/t29-,30-,31-,32-,33-,34-/m1/s1. The number of nitrogens with one attached hydrogen (secondary N) is 2. The van der Waals surface area contributed by atoms with Gasteiger partial charge >= 0.3 is 5.97 Å². The van der Waals surface area contributed by atoms with Crippen molar-refractivity contribution in [2.24, 2.45) is 34.1 Å². The Morgan fingerprint density at radius 3 is 1.19 bits per heavy atom. The number of carbonyl (C=O) groups is 6. The number of nitrogens with two attached hydrogens (primary N) is 2.